The third-order valence-corrected chi connectivity index (χ3v) is 2.73. The van der Waals surface area contributed by atoms with E-state index in [0.29, 0.717) is 12.1 Å². The van der Waals surface area contributed by atoms with Crippen LogP contribution in [0.25, 0.3) is 0 Å². The predicted octanol–water partition coefficient (Wildman–Crippen LogP) is 2.04. The summed E-state index contributed by atoms with van der Waals surface area (Å²) in [5.41, 5.74) is 1.92. The van der Waals surface area contributed by atoms with Crippen LogP contribution in [0.5, 0.6) is 0 Å². The zero-order chi connectivity index (χ0) is 10.5. The fraction of sp³-hybridized carbons (Fsp3) is 0.200. The van der Waals surface area contributed by atoms with Crippen LogP contribution in [0.3, 0.4) is 0 Å². The minimum atomic E-state index is 0.0163. The van der Waals surface area contributed by atoms with Crippen LogP contribution in [0.1, 0.15) is 12.0 Å². The summed E-state index contributed by atoms with van der Waals surface area (Å²) < 4.78 is 0. The second kappa shape index (κ2) is 4.75. The molecule has 4 nitrogen and oxygen atoms in total. The standard InChI is InChI=1S/C10H11N3OS/c14-10(13-9-5-11-12-6-9)2-1-8-3-4-15-7-8/h3-7H,1-2H2,(H,11,12)(H,13,14). The maximum Gasteiger partial charge on any atom is 0.224 e. The number of hydrogen-bond donors (Lipinski definition) is 2. The first-order valence-electron chi connectivity index (χ1n) is 4.64. The topological polar surface area (TPSA) is 57.8 Å². The average Bonchev–Trinajstić information content (AvgIpc) is 2.86. The molecule has 0 aromatic carbocycles. The number of aromatic amines is 1. The van der Waals surface area contributed by atoms with Crippen LogP contribution in [0.2, 0.25) is 0 Å². The molecule has 0 saturated carbocycles. The predicted molar refractivity (Wildman–Crippen MR) is 59.9 cm³/mol. The summed E-state index contributed by atoms with van der Waals surface area (Å²) in [5.74, 6) is 0.0163. The summed E-state index contributed by atoms with van der Waals surface area (Å²) in [6.07, 6.45) is 4.53. The van der Waals surface area contributed by atoms with Crippen molar-refractivity contribution in [1.82, 2.24) is 10.2 Å². The Bertz CT molecular complexity index is 408. The van der Waals surface area contributed by atoms with Crippen molar-refractivity contribution < 1.29 is 4.79 Å². The first kappa shape index (κ1) is 9.92. The minimum Gasteiger partial charge on any atom is -0.323 e. The Morgan fingerprint density at radius 3 is 3.20 bits per heavy atom. The molecule has 2 heterocycles. The number of aromatic nitrogens is 2. The number of rotatable bonds is 4. The SMILES string of the molecule is O=C(CCc1ccsc1)Nc1cn[nH]c1. The van der Waals surface area contributed by atoms with Crippen molar-refractivity contribution in [3.8, 4) is 0 Å². The fourth-order valence-corrected chi connectivity index (χ4v) is 1.94. The maximum atomic E-state index is 11.5. The highest BCUT2D eigenvalue weighted by molar-refractivity contribution is 7.07. The zero-order valence-corrected chi connectivity index (χ0v) is 8.88. The second-order valence-corrected chi connectivity index (χ2v) is 3.95. The number of nitrogens with zero attached hydrogens (tertiary/aromatic N) is 1. The van der Waals surface area contributed by atoms with Gasteiger partial charge in [0.15, 0.2) is 0 Å². The summed E-state index contributed by atoms with van der Waals surface area (Å²) in [4.78, 5) is 11.5. The molecule has 0 spiro atoms. The Kier molecular flexibility index (Phi) is 3.14. The molecule has 5 heteroatoms. The Balaban J connectivity index is 1.78. The Morgan fingerprint density at radius 2 is 2.53 bits per heavy atom. The lowest BCUT2D eigenvalue weighted by Crippen LogP contribution is -2.11. The number of hydrogen-bond acceptors (Lipinski definition) is 3. The number of nitrogens with one attached hydrogen (secondary N) is 2. The van der Waals surface area contributed by atoms with Gasteiger partial charge in [0.1, 0.15) is 0 Å². The summed E-state index contributed by atoms with van der Waals surface area (Å²) >= 11 is 1.65. The van der Waals surface area contributed by atoms with E-state index < -0.39 is 0 Å². The lowest BCUT2D eigenvalue weighted by Gasteiger charge is -2.00. The molecule has 0 saturated heterocycles. The van der Waals surface area contributed by atoms with E-state index in [2.05, 4.69) is 20.9 Å². The highest BCUT2D eigenvalue weighted by atomic mass is 32.1. The van der Waals surface area contributed by atoms with Crippen LogP contribution in [0.15, 0.2) is 29.2 Å². The quantitative estimate of drug-likeness (QED) is 0.830. The molecule has 78 valence electrons. The Labute approximate surface area is 91.3 Å². The van der Waals surface area contributed by atoms with Crippen molar-refractivity contribution in [2.45, 2.75) is 12.8 Å². The van der Waals surface area contributed by atoms with E-state index in [9.17, 15) is 4.79 Å². The number of carbonyl (C=O) groups excluding carboxylic acids is 1. The van der Waals surface area contributed by atoms with Gasteiger partial charge in [-0.1, -0.05) is 0 Å². The van der Waals surface area contributed by atoms with Gasteiger partial charge < -0.3 is 5.32 Å². The van der Waals surface area contributed by atoms with Gasteiger partial charge in [-0.05, 0) is 28.8 Å². The van der Waals surface area contributed by atoms with E-state index >= 15 is 0 Å². The van der Waals surface area contributed by atoms with Crippen LogP contribution < -0.4 is 5.32 Å². The third kappa shape index (κ3) is 2.92. The molecule has 2 aromatic rings. The molecule has 15 heavy (non-hydrogen) atoms. The maximum absolute atomic E-state index is 11.5. The van der Waals surface area contributed by atoms with E-state index in [0.717, 1.165) is 6.42 Å². The van der Waals surface area contributed by atoms with Crippen molar-refractivity contribution >= 4 is 22.9 Å². The second-order valence-electron chi connectivity index (χ2n) is 3.17. The molecular formula is C10H11N3OS. The van der Waals surface area contributed by atoms with Gasteiger partial charge in [0.05, 0.1) is 11.9 Å². The monoisotopic (exact) mass is 221 g/mol. The number of thiophene rings is 1. The van der Waals surface area contributed by atoms with Gasteiger partial charge in [-0.3, -0.25) is 9.89 Å². The van der Waals surface area contributed by atoms with Crippen molar-refractivity contribution in [3.05, 3.63) is 34.8 Å². The normalized spacial score (nSPS) is 10.1. The van der Waals surface area contributed by atoms with Crippen LogP contribution >= 0.6 is 11.3 Å². The molecule has 0 fully saturated rings. The molecule has 2 rings (SSSR count). The van der Waals surface area contributed by atoms with E-state index in [1.54, 1.807) is 23.7 Å². The number of aryl methyl sites for hydroxylation is 1. The van der Waals surface area contributed by atoms with Crippen molar-refractivity contribution in [1.29, 1.82) is 0 Å². The molecule has 0 unspecified atom stereocenters. The van der Waals surface area contributed by atoms with Gasteiger partial charge in [-0.25, -0.2) is 0 Å². The van der Waals surface area contributed by atoms with Gasteiger partial charge in [0, 0.05) is 12.6 Å². The van der Waals surface area contributed by atoms with Gasteiger partial charge >= 0.3 is 0 Å². The third-order valence-electron chi connectivity index (χ3n) is 2.00. The summed E-state index contributed by atoms with van der Waals surface area (Å²) in [6, 6.07) is 2.04. The van der Waals surface area contributed by atoms with Gasteiger partial charge in [-0.15, -0.1) is 0 Å². The average molecular weight is 221 g/mol. The molecule has 0 aliphatic carbocycles. The molecule has 2 aromatic heterocycles. The number of carbonyl (C=O) groups is 1. The lowest BCUT2D eigenvalue weighted by molar-refractivity contribution is -0.116. The van der Waals surface area contributed by atoms with Gasteiger partial charge in [0.25, 0.3) is 0 Å². The zero-order valence-electron chi connectivity index (χ0n) is 8.06. The van der Waals surface area contributed by atoms with E-state index in [4.69, 9.17) is 0 Å². The fourth-order valence-electron chi connectivity index (χ4n) is 1.24. The summed E-state index contributed by atoms with van der Waals surface area (Å²) in [5, 5.41) is 13.2. The van der Waals surface area contributed by atoms with Crippen LogP contribution in [0, 0.1) is 0 Å². The van der Waals surface area contributed by atoms with Gasteiger partial charge in [0.2, 0.25) is 5.91 Å². The van der Waals surface area contributed by atoms with Crippen LogP contribution in [-0.2, 0) is 11.2 Å². The molecular weight excluding hydrogens is 210 g/mol. The number of H-pyrrole nitrogens is 1. The lowest BCUT2D eigenvalue weighted by atomic mass is 10.2. The largest absolute Gasteiger partial charge is 0.323 e. The Morgan fingerprint density at radius 1 is 1.60 bits per heavy atom. The van der Waals surface area contributed by atoms with Crippen molar-refractivity contribution in [2.75, 3.05) is 5.32 Å². The van der Waals surface area contributed by atoms with Crippen LogP contribution in [0.4, 0.5) is 5.69 Å². The highest BCUT2D eigenvalue weighted by Crippen LogP contribution is 2.09. The van der Waals surface area contributed by atoms with Crippen LogP contribution in [-0.4, -0.2) is 16.1 Å². The van der Waals surface area contributed by atoms with E-state index in [1.807, 2.05) is 11.4 Å². The molecule has 0 radical (unpaired) electrons. The number of anilines is 1. The highest BCUT2D eigenvalue weighted by Gasteiger charge is 2.03. The first-order chi connectivity index (χ1) is 7.34. The summed E-state index contributed by atoms with van der Waals surface area (Å²) in [6.45, 7) is 0. The molecule has 1 amide bonds. The molecule has 0 aliphatic heterocycles. The van der Waals surface area contributed by atoms with Gasteiger partial charge in [-0.2, -0.15) is 16.4 Å². The molecule has 0 atom stereocenters. The first-order valence-corrected chi connectivity index (χ1v) is 5.58. The van der Waals surface area contributed by atoms with E-state index in [1.165, 1.54) is 5.56 Å². The van der Waals surface area contributed by atoms with Crippen molar-refractivity contribution in [2.24, 2.45) is 0 Å². The summed E-state index contributed by atoms with van der Waals surface area (Å²) in [7, 11) is 0. The van der Waals surface area contributed by atoms with E-state index in [-0.39, 0.29) is 5.91 Å². The molecule has 0 aliphatic rings. The minimum absolute atomic E-state index is 0.0163. The molecule has 2 N–H and O–H groups in total. The Hall–Kier alpha value is -1.62. The number of amides is 1. The smallest absolute Gasteiger partial charge is 0.224 e. The van der Waals surface area contributed by atoms with Crippen molar-refractivity contribution in [3.63, 3.8) is 0 Å². The molecule has 0 bridgehead atoms.